The first-order valence-corrected chi connectivity index (χ1v) is 4.60. The fourth-order valence-corrected chi connectivity index (χ4v) is 1.38. The summed E-state index contributed by atoms with van der Waals surface area (Å²) < 4.78 is 25.3. The maximum absolute atomic E-state index is 12.6. The molecule has 0 saturated carbocycles. The molecule has 6 heteroatoms. The molecule has 0 aromatic heterocycles. The summed E-state index contributed by atoms with van der Waals surface area (Å²) >= 11 is 0. The molecule has 1 aromatic rings. The number of carbonyl (C=O) groups excluding carboxylic acids is 1. The van der Waals surface area contributed by atoms with Gasteiger partial charge in [-0.1, -0.05) is 24.3 Å². The summed E-state index contributed by atoms with van der Waals surface area (Å²) in [5, 5.41) is 2.35. The van der Waals surface area contributed by atoms with Crippen LogP contribution in [-0.2, 0) is 4.79 Å². The van der Waals surface area contributed by atoms with Crippen molar-refractivity contribution in [2.45, 2.75) is 0 Å². The first-order valence-electron chi connectivity index (χ1n) is 4.60. The summed E-state index contributed by atoms with van der Waals surface area (Å²) in [5.41, 5.74) is 0.333. The predicted octanol–water partition coefficient (Wildman–Crippen LogP) is 0.820. The lowest BCUT2D eigenvalue weighted by molar-refractivity contribution is -0.115. The molecular weight excluding hydrogens is 213 g/mol. The van der Waals surface area contributed by atoms with E-state index in [1.54, 1.807) is 6.07 Å². The molecule has 0 unspecified atom stereocenters. The number of aliphatic imine (C=N–C) groups is 1. The first kappa shape index (κ1) is 10.5. The van der Waals surface area contributed by atoms with Crippen LogP contribution in [0.5, 0.6) is 0 Å². The van der Waals surface area contributed by atoms with Crippen molar-refractivity contribution in [3.63, 3.8) is 0 Å². The van der Waals surface area contributed by atoms with Crippen molar-refractivity contribution in [1.29, 1.82) is 0 Å². The number of nitrogens with one attached hydrogen (secondary N) is 1. The number of carbonyl (C=O) groups is 1. The molecule has 3 nitrogen and oxygen atoms in total. The van der Waals surface area contributed by atoms with Crippen LogP contribution in [0.3, 0.4) is 0 Å². The molecule has 0 aliphatic carbocycles. The summed E-state index contributed by atoms with van der Waals surface area (Å²) in [4.78, 5) is 14.9. The second kappa shape index (κ2) is 4.26. The van der Waals surface area contributed by atoms with Crippen molar-refractivity contribution in [2.24, 2.45) is 4.99 Å². The molecule has 16 heavy (non-hydrogen) atoms. The Morgan fingerprint density at radius 1 is 1.31 bits per heavy atom. The smallest absolute Gasteiger partial charge is 0.311 e. The van der Waals surface area contributed by atoms with Crippen LogP contribution in [-0.4, -0.2) is 19.5 Å². The van der Waals surface area contributed by atoms with E-state index in [4.69, 9.17) is 0 Å². The molecule has 80 valence electrons. The van der Waals surface area contributed by atoms with E-state index in [0.29, 0.717) is 5.56 Å². The summed E-state index contributed by atoms with van der Waals surface area (Å²) in [6.45, 7) is 0. The van der Waals surface area contributed by atoms with Crippen LogP contribution in [0.2, 0.25) is 0 Å². The number of hydrogen-bond donors (Lipinski definition) is 1. The van der Waals surface area contributed by atoms with Crippen LogP contribution in [0.15, 0.2) is 35.0 Å². The molecule has 1 N–H and O–H groups in total. The fraction of sp³-hybridized carbons (Fsp3) is 0. The van der Waals surface area contributed by atoms with Gasteiger partial charge in [-0.15, -0.1) is 0 Å². The second-order valence-electron chi connectivity index (χ2n) is 3.19. The molecule has 0 bridgehead atoms. The molecule has 1 aliphatic heterocycles. The topological polar surface area (TPSA) is 41.5 Å². The summed E-state index contributed by atoms with van der Waals surface area (Å²) in [6.07, 6.45) is 2.58. The zero-order valence-electron chi connectivity index (χ0n) is 8.15. The van der Waals surface area contributed by atoms with Gasteiger partial charge in [0.15, 0.2) is 0 Å². The third-order valence-electron chi connectivity index (χ3n) is 2.16. The third kappa shape index (κ3) is 2.00. The van der Waals surface area contributed by atoms with E-state index in [2.05, 4.69) is 10.3 Å². The number of halogens is 2. The Kier molecular flexibility index (Phi) is 2.81. The van der Waals surface area contributed by atoms with Crippen molar-refractivity contribution in [1.82, 2.24) is 5.32 Å². The first-order chi connectivity index (χ1) is 7.68. The van der Waals surface area contributed by atoms with E-state index >= 15 is 0 Å². The minimum absolute atomic E-state index is 0.107. The van der Waals surface area contributed by atoms with Gasteiger partial charge in [-0.05, 0) is 17.1 Å². The predicted molar refractivity (Wildman–Crippen MR) is 58.7 cm³/mol. The van der Waals surface area contributed by atoms with Gasteiger partial charge in [0, 0.05) is 0 Å². The minimum Gasteiger partial charge on any atom is -0.311 e. The van der Waals surface area contributed by atoms with Gasteiger partial charge >= 0.3 is 7.27 Å². The van der Waals surface area contributed by atoms with Gasteiger partial charge in [0.25, 0.3) is 5.91 Å². The number of rotatable bonds is 2. The van der Waals surface area contributed by atoms with E-state index in [1.165, 1.54) is 30.6 Å². The molecule has 2 rings (SSSR count). The minimum atomic E-state index is -2.57. The molecule has 0 saturated heterocycles. The average Bonchev–Trinajstić information content (AvgIpc) is 2.65. The highest BCUT2D eigenvalue weighted by molar-refractivity contribution is 6.61. The normalized spacial score (nSPS) is 16.6. The Labute approximate surface area is 91.1 Å². The summed E-state index contributed by atoms with van der Waals surface area (Å²) in [5.74, 6) is -0.385. The lowest BCUT2D eigenvalue weighted by Crippen LogP contribution is -2.23. The van der Waals surface area contributed by atoms with Crippen LogP contribution in [0, 0.1) is 0 Å². The largest absolute Gasteiger partial charge is 0.572 e. The zero-order valence-corrected chi connectivity index (χ0v) is 8.15. The third-order valence-corrected chi connectivity index (χ3v) is 2.16. The quantitative estimate of drug-likeness (QED) is 0.581. The second-order valence-corrected chi connectivity index (χ2v) is 3.19. The molecule has 0 fully saturated rings. The van der Waals surface area contributed by atoms with Gasteiger partial charge in [-0.2, -0.15) is 0 Å². The monoisotopic (exact) mass is 220 g/mol. The van der Waals surface area contributed by atoms with Crippen molar-refractivity contribution in [2.75, 3.05) is 0 Å². The van der Waals surface area contributed by atoms with Crippen molar-refractivity contribution in [3.05, 3.63) is 35.5 Å². The molecule has 1 aromatic carbocycles. The van der Waals surface area contributed by atoms with Gasteiger partial charge < -0.3 is 5.32 Å². The van der Waals surface area contributed by atoms with E-state index < -0.39 is 7.27 Å². The molecule has 0 atom stereocenters. The molecule has 0 spiro atoms. The van der Waals surface area contributed by atoms with Crippen molar-refractivity contribution < 1.29 is 13.4 Å². The van der Waals surface area contributed by atoms with Crippen LogP contribution in [0.1, 0.15) is 5.56 Å². The van der Waals surface area contributed by atoms with Gasteiger partial charge in [0.2, 0.25) is 0 Å². The maximum atomic E-state index is 12.6. The van der Waals surface area contributed by atoms with Crippen LogP contribution in [0.25, 0.3) is 6.08 Å². The van der Waals surface area contributed by atoms with E-state index in [0.717, 1.165) is 0 Å². The molecule has 1 amide bonds. The van der Waals surface area contributed by atoms with Gasteiger partial charge in [0.05, 0.1) is 6.34 Å². The Bertz CT molecular complexity index is 485. The highest BCUT2D eigenvalue weighted by atomic mass is 19.2. The number of hydrogen-bond acceptors (Lipinski definition) is 2. The molecular formula is C10H7BF2N2O. The number of nitrogens with zero attached hydrogens (tertiary/aromatic N) is 1. The van der Waals surface area contributed by atoms with E-state index in [1.807, 2.05) is 0 Å². The van der Waals surface area contributed by atoms with Crippen molar-refractivity contribution in [3.8, 4) is 0 Å². The Morgan fingerprint density at radius 2 is 2.06 bits per heavy atom. The van der Waals surface area contributed by atoms with Crippen LogP contribution < -0.4 is 10.8 Å². The summed E-state index contributed by atoms with van der Waals surface area (Å²) in [6, 6.07) is 6.01. The number of amides is 1. The van der Waals surface area contributed by atoms with E-state index in [9.17, 15) is 13.4 Å². The Morgan fingerprint density at radius 3 is 2.69 bits per heavy atom. The highest BCUT2D eigenvalue weighted by Crippen LogP contribution is 2.09. The maximum Gasteiger partial charge on any atom is 0.572 e. The standard InChI is InChI=1S/C10H7BF2N2O/c12-11(13)8-4-2-1-3-7(8)5-9-10(16)15-6-14-9/h1-6H,(H,14,15,16). The summed E-state index contributed by atoms with van der Waals surface area (Å²) in [7, 11) is -2.57. The van der Waals surface area contributed by atoms with Gasteiger partial charge in [0.1, 0.15) is 5.70 Å². The molecule has 1 heterocycles. The molecule has 0 radical (unpaired) electrons. The van der Waals surface area contributed by atoms with Gasteiger partial charge in [-0.3, -0.25) is 13.4 Å². The van der Waals surface area contributed by atoms with E-state index in [-0.39, 0.29) is 17.1 Å². The number of benzene rings is 1. The lowest BCUT2D eigenvalue weighted by Gasteiger charge is -2.01. The van der Waals surface area contributed by atoms with Crippen molar-refractivity contribution >= 4 is 31.1 Å². The molecule has 1 aliphatic rings. The van der Waals surface area contributed by atoms with Gasteiger partial charge in [-0.25, -0.2) is 4.99 Å². The Balaban J connectivity index is 2.41. The fourth-order valence-electron chi connectivity index (χ4n) is 1.38. The Hall–Kier alpha value is -1.98. The SMILES string of the molecule is O=C1NC=NC1=Cc1ccccc1B(F)F. The average molecular weight is 220 g/mol. The van der Waals surface area contributed by atoms with Crippen LogP contribution in [0.4, 0.5) is 8.63 Å². The van der Waals surface area contributed by atoms with Crippen LogP contribution >= 0.6 is 0 Å². The highest BCUT2D eigenvalue weighted by Gasteiger charge is 2.20. The zero-order chi connectivity index (χ0) is 11.5. The lowest BCUT2D eigenvalue weighted by atomic mass is 9.82.